The van der Waals surface area contributed by atoms with Crippen LogP contribution in [0.1, 0.15) is 41.4 Å². The molecule has 0 saturated carbocycles. The lowest BCUT2D eigenvalue weighted by Gasteiger charge is -2.22. The Morgan fingerprint density at radius 3 is 2.52 bits per heavy atom. The molecular formula is C22H18F3N3O3. The average molecular weight is 429 g/mol. The summed E-state index contributed by atoms with van der Waals surface area (Å²) in [7, 11) is 0. The van der Waals surface area contributed by atoms with Crippen molar-refractivity contribution in [3.8, 4) is 5.69 Å². The quantitative estimate of drug-likeness (QED) is 0.474. The third-order valence-corrected chi connectivity index (χ3v) is 5.60. The van der Waals surface area contributed by atoms with Crippen LogP contribution < -0.4 is 0 Å². The number of alkyl halides is 3. The van der Waals surface area contributed by atoms with E-state index in [1.165, 1.54) is 18.2 Å². The number of carboxylic acids is 1. The van der Waals surface area contributed by atoms with E-state index in [1.807, 2.05) is 6.20 Å². The van der Waals surface area contributed by atoms with Crippen LogP contribution in [0.2, 0.25) is 0 Å². The summed E-state index contributed by atoms with van der Waals surface area (Å²) in [5.41, 5.74) is 1.09. The summed E-state index contributed by atoms with van der Waals surface area (Å²) in [4.78, 5) is 11.5. The van der Waals surface area contributed by atoms with E-state index < -0.39 is 17.7 Å². The minimum absolute atomic E-state index is 0.126. The van der Waals surface area contributed by atoms with Gasteiger partial charge in [-0.15, -0.1) is 0 Å². The molecule has 4 aromatic rings. The smallest absolute Gasteiger partial charge is 0.416 e. The SMILES string of the molecule is O=C(O)c1ccc2c(c1)c1cn(C3CCCCO3)nc1n2-c1ccc(C(F)(F)F)cc1. The number of nitrogens with zero attached hydrogens (tertiary/aromatic N) is 3. The van der Waals surface area contributed by atoms with Crippen molar-refractivity contribution in [3.63, 3.8) is 0 Å². The highest BCUT2D eigenvalue weighted by atomic mass is 19.4. The fraction of sp³-hybridized carbons (Fsp3) is 0.273. The first-order chi connectivity index (χ1) is 14.8. The first kappa shape index (κ1) is 19.6. The number of carboxylic acid groups (broad SMARTS) is 1. The predicted molar refractivity (Wildman–Crippen MR) is 107 cm³/mol. The molecule has 9 heteroatoms. The molecule has 1 unspecified atom stereocenters. The number of hydrogen-bond acceptors (Lipinski definition) is 3. The molecule has 160 valence electrons. The molecule has 2 aromatic heterocycles. The van der Waals surface area contributed by atoms with Gasteiger partial charge in [0.1, 0.15) is 6.23 Å². The maximum atomic E-state index is 13.0. The maximum absolute atomic E-state index is 13.0. The first-order valence-corrected chi connectivity index (χ1v) is 9.89. The zero-order valence-electron chi connectivity index (χ0n) is 16.3. The highest BCUT2D eigenvalue weighted by Crippen LogP contribution is 2.35. The van der Waals surface area contributed by atoms with Crippen LogP contribution in [0.25, 0.3) is 27.6 Å². The topological polar surface area (TPSA) is 69.3 Å². The fourth-order valence-electron chi connectivity index (χ4n) is 4.07. The summed E-state index contributed by atoms with van der Waals surface area (Å²) < 4.78 is 48.3. The first-order valence-electron chi connectivity index (χ1n) is 9.89. The summed E-state index contributed by atoms with van der Waals surface area (Å²) in [5.74, 6) is -1.06. The number of rotatable bonds is 3. The van der Waals surface area contributed by atoms with Crippen LogP contribution >= 0.6 is 0 Å². The monoisotopic (exact) mass is 429 g/mol. The summed E-state index contributed by atoms with van der Waals surface area (Å²) >= 11 is 0. The number of ether oxygens (including phenoxy) is 1. The standard InChI is InChI=1S/C22H18F3N3O3/c23-22(24,25)14-5-7-15(8-6-14)28-18-9-4-13(21(29)30)11-16(18)17-12-27(26-20(17)28)19-3-1-2-10-31-19/h4-9,11-12,19H,1-3,10H2,(H,29,30). The second-order valence-corrected chi connectivity index (χ2v) is 7.58. The van der Waals surface area contributed by atoms with Gasteiger partial charge in [0.2, 0.25) is 0 Å². The van der Waals surface area contributed by atoms with Crippen LogP contribution in [-0.4, -0.2) is 32.0 Å². The van der Waals surface area contributed by atoms with Crippen molar-refractivity contribution in [2.75, 3.05) is 6.61 Å². The van der Waals surface area contributed by atoms with Gasteiger partial charge in [-0.25, -0.2) is 9.48 Å². The number of fused-ring (bicyclic) bond motifs is 3. The van der Waals surface area contributed by atoms with Crippen molar-refractivity contribution in [3.05, 3.63) is 59.8 Å². The van der Waals surface area contributed by atoms with Gasteiger partial charge in [0.15, 0.2) is 5.65 Å². The Kier molecular flexibility index (Phi) is 4.51. The number of benzene rings is 2. The Balaban J connectivity index is 1.72. The van der Waals surface area contributed by atoms with Crippen molar-refractivity contribution in [1.29, 1.82) is 0 Å². The van der Waals surface area contributed by atoms with Gasteiger partial charge in [-0.05, 0) is 61.7 Å². The van der Waals surface area contributed by atoms with Gasteiger partial charge in [0.05, 0.1) is 16.6 Å². The molecular weight excluding hydrogens is 411 g/mol. The third-order valence-electron chi connectivity index (χ3n) is 5.60. The summed E-state index contributed by atoms with van der Waals surface area (Å²) in [6.07, 6.45) is -0.0247. The van der Waals surface area contributed by atoms with Gasteiger partial charge in [0.25, 0.3) is 0 Å². The predicted octanol–water partition coefficient (Wildman–Crippen LogP) is 5.40. The Hall–Kier alpha value is -3.33. The lowest BCUT2D eigenvalue weighted by atomic mass is 10.1. The summed E-state index contributed by atoms with van der Waals surface area (Å²) in [6.45, 7) is 0.636. The molecule has 0 bridgehead atoms. The Labute approximate surface area is 174 Å². The minimum Gasteiger partial charge on any atom is -0.478 e. The van der Waals surface area contributed by atoms with E-state index in [4.69, 9.17) is 4.74 Å². The highest BCUT2D eigenvalue weighted by molar-refractivity contribution is 6.09. The molecule has 0 radical (unpaired) electrons. The molecule has 1 atom stereocenters. The van der Waals surface area contributed by atoms with Gasteiger partial charge in [-0.1, -0.05) is 0 Å². The second kappa shape index (κ2) is 7.12. The second-order valence-electron chi connectivity index (χ2n) is 7.58. The van der Waals surface area contributed by atoms with Crippen molar-refractivity contribution in [1.82, 2.24) is 14.3 Å². The Bertz CT molecular complexity index is 1280. The van der Waals surface area contributed by atoms with Crippen molar-refractivity contribution >= 4 is 27.9 Å². The average Bonchev–Trinajstić information content (AvgIpc) is 3.31. The van der Waals surface area contributed by atoms with Crippen LogP contribution in [0.4, 0.5) is 13.2 Å². The molecule has 1 aliphatic rings. The largest absolute Gasteiger partial charge is 0.478 e. The van der Waals surface area contributed by atoms with E-state index in [-0.39, 0.29) is 11.8 Å². The zero-order chi connectivity index (χ0) is 21.8. The number of aromatic carboxylic acids is 1. The van der Waals surface area contributed by atoms with E-state index in [2.05, 4.69) is 5.10 Å². The number of aromatic nitrogens is 3. The van der Waals surface area contributed by atoms with Gasteiger partial charge >= 0.3 is 12.1 Å². The molecule has 1 N–H and O–H groups in total. The van der Waals surface area contributed by atoms with E-state index in [9.17, 15) is 23.1 Å². The van der Waals surface area contributed by atoms with Crippen LogP contribution in [-0.2, 0) is 10.9 Å². The molecule has 1 saturated heterocycles. The Morgan fingerprint density at radius 2 is 1.87 bits per heavy atom. The molecule has 5 rings (SSSR count). The van der Waals surface area contributed by atoms with Crippen LogP contribution in [0.15, 0.2) is 48.7 Å². The van der Waals surface area contributed by atoms with Gasteiger partial charge in [-0.3, -0.25) is 4.57 Å². The number of carbonyl (C=O) groups is 1. The molecule has 0 amide bonds. The molecule has 1 aliphatic heterocycles. The van der Waals surface area contributed by atoms with E-state index in [1.54, 1.807) is 21.4 Å². The van der Waals surface area contributed by atoms with Crippen LogP contribution in [0.3, 0.4) is 0 Å². The summed E-state index contributed by atoms with van der Waals surface area (Å²) in [6, 6.07) is 9.53. The lowest BCUT2D eigenvalue weighted by molar-refractivity contribution is -0.137. The molecule has 6 nitrogen and oxygen atoms in total. The number of halogens is 3. The molecule has 2 aromatic carbocycles. The highest BCUT2D eigenvalue weighted by Gasteiger charge is 2.30. The normalized spacial score (nSPS) is 17.5. The molecule has 31 heavy (non-hydrogen) atoms. The van der Waals surface area contributed by atoms with Crippen molar-refractivity contribution in [2.24, 2.45) is 0 Å². The van der Waals surface area contributed by atoms with E-state index in [0.717, 1.165) is 31.4 Å². The molecule has 0 aliphatic carbocycles. The van der Waals surface area contributed by atoms with Crippen molar-refractivity contribution < 1.29 is 27.8 Å². The molecule has 0 spiro atoms. The summed E-state index contributed by atoms with van der Waals surface area (Å²) in [5, 5.41) is 15.5. The zero-order valence-corrected chi connectivity index (χ0v) is 16.3. The fourth-order valence-corrected chi connectivity index (χ4v) is 4.07. The van der Waals surface area contributed by atoms with E-state index in [0.29, 0.717) is 34.2 Å². The lowest BCUT2D eigenvalue weighted by Crippen LogP contribution is -2.18. The molecule has 3 heterocycles. The van der Waals surface area contributed by atoms with Crippen LogP contribution in [0.5, 0.6) is 0 Å². The maximum Gasteiger partial charge on any atom is 0.416 e. The minimum atomic E-state index is -4.43. The Morgan fingerprint density at radius 1 is 1.10 bits per heavy atom. The number of hydrogen-bond donors (Lipinski definition) is 1. The van der Waals surface area contributed by atoms with Gasteiger partial charge in [0, 0.05) is 29.3 Å². The van der Waals surface area contributed by atoms with Crippen LogP contribution in [0, 0.1) is 0 Å². The third kappa shape index (κ3) is 3.34. The van der Waals surface area contributed by atoms with Gasteiger partial charge in [-0.2, -0.15) is 18.3 Å². The van der Waals surface area contributed by atoms with Gasteiger partial charge < -0.3 is 9.84 Å². The van der Waals surface area contributed by atoms with E-state index >= 15 is 0 Å². The van der Waals surface area contributed by atoms with Crippen molar-refractivity contribution in [2.45, 2.75) is 31.7 Å². The molecule has 1 fully saturated rings.